The molecule has 18 nitrogen and oxygen atoms in total. The van der Waals surface area contributed by atoms with Crippen LogP contribution in [0.1, 0.15) is 153 Å². The van der Waals surface area contributed by atoms with Crippen molar-refractivity contribution in [2.75, 3.05) is 28.4 Å². The number of rotatable bonds is 16. The van der Waals surface area contributed by atoms with Gasteiger partial charge in [-0.3, -0.25) is 9.59 Å². The zero-order chi connectivity index (χ0) is 54.7. The topological polar surface area (TPSA) is 215 Å². The van der Waals surface area contributed by atoms with Crippen LogP contribution in [0.2, 0.25) is 0 Å². The van der Waals surface area contributed by atoms with Crippen molar-refractivity contribution >= 4 is 11.8 Å². The van der Waals surface area contributed by atoms with Gasteiger partial charge >= 0.3 is 5.97 Å². The largest absolute Gasteiger partial charge is 0.461 e. The minimum Gasteiger partial charge on any atom is -0.461 e. The highest BCUT2D eigenvalue weighted by atomic mass is 16.8. The van der Waals surface area contributed by atoms with Crippen LogP contribution in [0.5, 0.6) is 0 Å². The number of Topliss-reactive ketones (excluding diaryl/α,β-unsaturated/α-hetero) is 1. The maximum absolute atomic E-state index is 13.7. The molecule has 18 heteroatoms. The fourth-order valence-electron chi connectivity index (χ4n) is 15.0. The van der Waals surface area contributed by atoms with E-state index in [1.165, 1.54) is 0 Å². The molecule has 4 heterocycles. The second-order valence-electron chi connectivity index (χ2n) is 24.4. The Balaban J connectivity index is 0.876. The molecule has 3 N–H and O–H groups in total. The van der Waals surface area contributed by atoms with Crippen LogP contribution in [0.3, 0.4) is 0 Å². The molecule has 8 rings (SSSR count). The zero-order valence-electron chi connectivity index (χ0n) is 47.5. The zero-order valence-corrected chi connectivity index (χ0v) is 47.5. The molecule has 4 aliphatic heterocycles. The first-order valence-electron chi connectivity index (χ1n) is 27.8. The molecule has 8 aliphatic rings. The van der Waals surface area contributed by atoms with Crippen molar-refractivity contribution in [2.24, 2.45) is 22.2 Å². The fourth-order valence-corrected chi connectivity index (χ4v) is 15.0. The number of allylic oxidation sites excluding steroid dienone is 1. The van der Waals surface area contributed by atoms with Gasteiger partial charge in [-0.05, 0) is 106 Å². The quantitative estimate of drug-likeness (QED) is 0.110. The van der Waals surface area contributed by atoms with Crippen molar-refractivity contribution in [1.82, 2.24) is 0 Å². The van der Waals surface area contributed by atoms with E-state index < -0.39 is 132 Å². The van der Waals surface area contributed by atoms with Gasteiger partial charge in [0.1, 0.15) is 47.5 Å². The Hall–Kier alpha value is -1.98. The molecule has 0 spiro atoms. The Bertz CT molecular complexity index is 2080. The van der Waals surface area contributed by atoms with Crippen LogP contribution < -0.4 is 0 Å². The lowest BCUT2D eigenvalue weighted by molar-refractivity contribution is -0.347. The first-order valence-corrected chi connectivity index (χ1v) is 27.8. The van der Waals surface area contributed by atoms with Gasteiger partial charge in [-0.2, -0.15) is 0 Å². The summed E-state index contributed by atoms with van der Waals surface area (Å²) in [5, 5.41) is 36.6. The minimum atomic E-state index is -1.69. The molecule has 3 saturated carbocycles. The summed E-state index contributed by atoms with van der Waals surface area (Å²) in [7, 11) is 6.52. The number of aliphatic hydroxyl groups excluding tert-OH is 1. The van der Waals surface area contributed by atoms with Crippen LogP contribution >= 0.6 is 0 Å². The van der Waals surface area contributed by atoms with Crippen molar-refractivity contribution in [3.05, 3.63) is 22.8 Å². The maximum Gasteiger partial charge on any atom is 0.310 e. The molecule has 7 fully saturated rings. The van der Waals surface area contributed by atoms with E-state index >= 15 is 0 Å². The summed E-state index contributed by atoms with van der Waals surface area (Å²) in [6, 6.07) is 0. The van der Waals surface area contributed by atoms with Crippen LogP contribution in [0.15, 0.2) is 22.8 Å². The van der Waals surface area contributed by atoms with Crippen LogP contribution in [0.25, 0.3) is 0 Å². The smallest absolute Gasteiger partial charge is 0.310 e. The molecule has 0 amide bonds. The lowest BCUT2D eigenvalue weighted by Gasteiger charge is -2.67. The molecule has 2 unspecified atom stereocenters. The number of methoxy groups -OCH3 is 4. The first-order chi connectivity index (χ1) is 35.3. The van der Waals surface area contributed by atoms with Crippen LogP contribution in [0, 0.1) is 22.2 Å². The number of hydrogen-bond donors (Lipinski definition) is 3. The highest BCUT2D eigenvalue weighted by molar-refractivity contribution is 5.84. The summed E-state index contributed by atoms with van der Waals surface area (Å²) in [6.45, 7) is 20.9. The predicted molar refractivity (Wildman–Crippen MR) is 272 cm³/mol. The molecule has 0 aromatic carbocycles. The van der Waals surface area contributed by atoms with Crippen molar-refractivity contribution in [1.29, 1.82) is 0 Å². The number of ketones is 1. The van der Waals surface area contributed by atoms with Gasteiger partial charge in [0.25, 0.3) is 0 Å². The average molecular weight is 1070 g/mol. The Labute approximate surface area is 445 Å². The summed E-state index contributed by atoms with van der Waals surface area (Å²) in [4.78, 5) is 27.3. The summed E-state index contributed by atoms with van der Waals surface area (Å²) >= 11 is 0. The fraction of sp³-hybridized carbons (Fsp3) is 0.895. The Morgan fingerprint density at radius 2 is 1.11 bits per heavy atom. The molecule has 75 heavy (non-hydrogen) atoms. The molecule has 0 radical (unpaired) electrons. The van der Waals surface area contributed by atoms with Crippen molar-refractivity contribution in [2.45, 2.75) is 275 Å². The number of hydrogen-bond acceptors (Lipinski definition) is 18. The van der Waals surface area contributed by atoms with Crippen LogP contribution in [0.4, 0.5) is 0 Å². The van der Waals surface area contributed by atoms with Crippen LogP contribution in [-0.4, -0.2) is 177 Å². The lowest BCUT2D eigenvalue weighted by atomic mass is 9.41. The van der Waals surface area contributed by atoms with E-state index in [1.807, 2.05) is 55.4 Å². The Morgan fingerprint density at radius 3 is 1.57 bits per heavy atom. The van der Waals surface area contributed by atoms with Gasteiger partial charge in [-0.25, -0.2) is 0 Å². The highest BCUT2D eigenvalue weighted by Crippen LogP contribution is 2.73. The lowest BCUT2D eigenvalue weighted by Crippen LogP contribution is -2.76. The van der Waals surface area contributed by atoms with Gasteiger partial charge in [0, 0.05) is 70.9 Å². The summed E-state index contributed by atoms with van der Waals surface area (Å²) < 4.78 is 81.9. The van der Waals surface area contributed by atoms with E-state index in [-0.39, 0.29) is 43.4 Å². The van der Waals surface area contributed by atoms with E-state index in [9.17, 15) is 24.9 Å². The first kappa shape index (κ1) is 59.1. The van der Waals surface area contributed by atoms with Gasteiger partial charge in [-0.15, -0.1) is 0 Å². The predicted octanol–water partition coefficient (Wildman–Crippen LogP) is 6.54. The van der Waals surface area contributed by atoms with E-state index in [0.29, 0.717) is 57.8 Å². The standard InChI is InChI=1S/C57H92O18/c1-29(2)30(3)22-44(59)72-43-28-42-53(9)18-17-37(23-36(53)16-19-56(42,61)57(62)21-20-54(10,35(8)58)55(43,57)11)71-45-25-39(64-13)50(32(5)68-45)74-47-27-41(66-15)52(34(7)70-47)75-48-26-40(65-14)51(33(6)69-48)73-46-24-38(63-12)49(60)31(4)67-46/h16,31-34,37-43,45-52,60-62H,17-28H2,1-15H3/t31-,32+,33+,34-,37?,38+,39-,40-,41-,42+,43+,45-,46-,47-,48-,49-,50?,51+,52+,53-,54-,55+,56-,57-/m0/s1. The van der Waals surface area contributed by atoms with Crippen molar-refractivity contribution < 1.29 is 86.5 Å². The van der Waals surface area contributed by atoms with E-state index in [1.54, 1.807) is 42.3 Å². The Morgan fingerprint density at radius 1 is 0.640 bits per heavy atom. The molecule has 4 saturated heterocycles. The van der Waals surface area contributed by atoms with Crippen LogP contribution in [-0.2, 0) is 71.2 Å². The molecule has 428 valence electrons. The molecule has 4 aliphatic carbocycles. The number of fused-ring (bicyclic) bond motifs is 5. The highest BCUT2D eigenvalue weighted by Gasteiger charge is 2.80. The second-order valence-corrected chi connectivity index (χ2v) is 24.4. The van der Waals surface area contributed by atoms with Gasteiger partial charge in [0.2, 0.25) is 0 Å². The summed E-state index contributed by atoms with van der Waals surface area (Å²) in [5.74, 6) is -0.920. The summed E-state index contributed by atoms with van der Waals surface area (Å²) in [5.41, 5.74) is -2.91. The monoisotopic (exact) mass is 1060 g/mol. The van der Waals surface area contributed by atoms with Gasteiger partial charge < -0.3 is 76.9 Å². The SMILES string of the molecule is CO[C@H]1C[C@H](OC2CC[C@@]3(C)C(=CC[C@]4(O)[C@@H]3C[C@@H](OC(=O)CC(C)=C(C)C)[C@@]3(C)[C@@]4(O)CC[C@@]3(C)C(C)=O)C2)O[C@H](C)C1O[C@H]1C[C@H](OC)[C@H](O[C@H]2C[C@H](OC)[C@H](O[C@H]3C[C@@H](OC)[C@@H](O)[C@H](C)O3)[C@@H](C)O2)[C@H](C)O1. The van der Waals surface area contributed by atoms with E-state index in [4.69, 9.17) is 61.6 Å². The molecule has 24 atom stereocenters. The third-order valence-corrected chi connectivity index (χ3v) is 20.3. The van der Waals surface area contributed by atoms with Crippen molar-refractivity contribution in [3.8, 4) is 0 Å². The third kappa shape index (κ3) is 10.7. The maximum atomic E-state index is 13.7. The van der Waals surface area contributed by atoms with Gasteiger partial charge in [0.15, 0.2) is 25.2 Å². The van der Waals surface area contributed by atoms with Gasteiger partial charge in [-0.1, -0.05) is 43.6 Å². The summed E-state index contributed by atoms with van der Waals surface area (Å²) in [6.07, 6.45) is -2.00. The van der Waals surface area contributed by atoms with Gasteiger partial charge in [0.05, 0.1) is 61.4 Å². The molecule has 0 aromatic heterocycles. The van der Waals surface area contributed by atoms with Crippen molar-refractivity contribution in [3.63, 3.8) is 0 Å². The van der Waals surface area contributed by atoms with E-state index in [0.717, 1.165) is 16.7 Å². The normalized spacial score (nSPS) is 48.9. The minimum absolute atomic E-state index is 0.0839. The second kappa shape index (κ2) is 22.9. The third-order valence-electron chi connectivity index (χ3n) is 20.3. The molecule has 0 aromatic rings. The number of esters is 1. The molecular weight excluding hydrogens is 973 g/mol. The number of aliphatic hydroxyl groups is 3. The molecule has 0 bridgehead atoms. The molecular formula is C57H92O18. The number of ether oxygens (including phenoxy) is 13. The number of carbonyl (C=O) groups is 2. The average Bonchev–Trinajstić information content (AvgIpc) is 3.60. The van der Waals surface area contributed by atoms with E-state index in [2.05, 4.69) is 13.0 Å². The number of carbonyl (C=O) groups excluding carboxylic acids is 2. The Kier molecular flexibility index (Phi) is 18.0.